The molecule has 3 aromatic heterocycles. The number of nitrogens with one attached hydrogen (secondary N) is 1. The van der Waals surface area contributed by atoms with Gasteiger partial charge in [0.1, 0.15) is 16.2 Å². The van der Waals surface area contributed by atoms with Crippen LogP contribution in [0.4, 0.5) is 5.13 Å². The summed E-state index contributed by atoms with van der Waals surface area (Å²) >= 11 is 2.56. The van der Waals surface area contributed by atoms with Crippen LogP contribution in [-0.4, -0.2) is 35.7 Å². The summed E-state index contributed by atoms with van der Waals surface area (Å²) in [6.07, 6.45) is 1.41. The Morgan fingerprint density at radius 1 is 1.16 bits per heavy atom. The molecule has 0 aliphatic rings. The zero-order chi connectivity index (χ0) is 23.0. The zero-order valence-corrected chi connectivity index (χ0v) is 19.8. The molecule has 4 aromatic rings. The van der Waals surface area contributed by atoms with Crippen molar-refractivity contribution in [1.29, 1.82) is 0 Å². The van der Waals surface area contributed by atoms with Gasteiger partial charge in [-0.3, -0.25) is 18.7 Å². The molecule has 9 nitrogen and oxygen atoms in total. The summed E-state index contributed by atoms with van der Waals surface area (Å²) in [5.74, 6) is 0.322. The van der Waals surface area contributed by atoms with E-state index in [1.807, 2.05) is 32.0 Å². The van der Waals surface area contributed by atoms with Crippen molar-refractivity contribution in [1.82, 2.24) is 24.1 Å². The van der Waals surface area contributed by atoms with Crippen molar-refractivity contribution in [2.24, 2.45) is 14.1 Å². The minimum atomic E-state index is -0.476. The van der Waals surface area contributed by atoms with E-state index >= 15 is 0 Å². The minimum Gasteiger partial charge on any atom is -0.301 e. The number of anilines is 1. The van der Waals surface area contributed by atoms with Crippen LogP contribution in [0.3, 0.4) is 0 Å². The zero-order valence-electron chi connectivity index (χ0n) is 18.1. The van der Waals surface area contributed by atoms with Gasteiger partial charge in [0.05, 0.1) is 16.0 Å². The fourth-order valence-corrected chi connectivity index (χ4v) is 5.10. The lowest BCUT2D eigenvalue weighted by molar-refractivity contribution is -0.113. The van der Waals surface area contributed by atoms with Crippen molar-refractivity contribution in [3.05, 3.63) is 50.4 Å². The van der Waals surface area contributed by atoms with E-state index in [2.05, 4.69) is 20.3 Å². The van der Waals surface area contributed by atoms with Crippen LogP contribution >= 0.6 is 23.1 Å². The number of aryl methyl sites for hydroxylation is 3. The van der Waals surface area contributed by atoms with Crippen molar-refractivity contribution in [3.63, 3.8) is 0 Å². The van der Waals surface area contributed by atoms with E-state index in [0.717, 1.165) is 38.5 Å². The monoisotopic (exact) mass is 470 g/mol. The highest BCUT2D eigenvalue weighted by atomic mass is 32.2. The standard InChI is InChI=1S/C21H22N6O3S2/c1-5-6-14-23-17-16(19(29)27(4)21(30)26(17)3)18(24-14)31-10-15(28)25-20-22-12-8-7-11(2)9-13(12)32-20/h7-9H,5-6,10H2,1-4H3,(H,22,25,28). The largest absolute Gasteiger partial charge is 0.332 e. The van der Waals surface area contributed by atoms with Crippen LogP contribution in [0.5, 0.6) is 0 Å². The van der Waals surface area contributed by atoms with Gasteiger partial charge < -0.3 is 5.32 Å². The van der Waals surface area contributed by atoms with Crippen molar-refractivity contribution in [3.8, 4) is 0 Å². The molecule has 0 spiro atoms. The number of hydrogen-bond donors (Lipinski definition) is 1. The van der Waals surface area contributed by atoms with Crippen molar-refractivity contribution in [2.75, 3.05) is 11.1 Å². The summed E-state index contributed by atoms with van der Waals surface area (Å²) in [6, 6.07) is 5.93. The Morgan fingerprint density at radius 2 is 1.94 bits per heavy atom. The first-order valence-corrected chi connectivity index (χ1v) is 11.8. The van der Waals surface area contributed by atoms with Crippen LogP contribution in [0.1, 0.15) is 24.7 Å². The average molecular weight is 471 g/mol. The molecule has 0 atom stereocenters. The molecular weight excluding hydrogens is 448 g/mol. The molecule has 0 radical (unpaired) electrons. The van der Waals surface area contributed by atoms with E-state index < -0.39 is 11.2 Å². The van der Waals surface area contributed by atoms with Crippen molar-refractivity contribution >= 4 is 55.4 Å². The predicted octanol–water partition coefficient (Wildman–Crippen LogP) is 2.63. The smallest absolute Gasteiger partial charge is 0.301 e. The molecule has 0 saturated carbocycles. The van der Waals surface area contributed by atoms with E-state index in [1.54, 1.807) is 7.05 Å². The molecular formula is C21H22N6O3S2. The van der Waals surface area contributed by atoms with E-state index in [1.165, 1.54) is 23.0 Å². The Morgan fingerprint density at radius 3 is 2.69 bits per heavy atom. The van der Waals surface area contributed by atoms with Gasteiger partial charge in [0.15, 0.2) is 10.8 Å². The lowest BCUT2D eigenvalue weighted by Crippen LogP contribution is -2.38. The lowest BCUT2D eigenvalue weighted by atomic mass is 10.2. The third-order valence-corrected chi connectivity index (χ3v) is 6.83. The predicted molar refractivity (Wildman–Crippen MR) is 128 cm³/mol. The van der Waals surface area contributed by atoms with Gasteiger partial charge in [-0.2, -0.15) is 0 Å². The molecule has 0 saturated heterocycles. The highest BCUT2D eigenvalue weighted by molar-refractivity contribution is 8.00. The number of rotatable bonds is 6. The van der Waals surface area contributed by atoms with Gasteiger partial charge in [-0.1, -0.05) is 36.1 Å². The van der Waals surface area contributed by atoms with E-state index in [9.17, 15) is 14.4 Å². The molecule has 166 valence electrons. The summed E-state index contributed by atoms with van der Waals surface area (Å²) in [5.41, 5.74) is 1.31. The van der Waals surface area contributed by atoms with Gasteiger partial charge >= 0.3 is 5.69 Å². The normalized spacial score (nSPS) is 11.4. The third kappa shape index (κ3) is 4.17. The van der Waals surface area contributed by atoms with Crippen molar-refractivity contribution in [2.45, 2.75) is 31.7 Å². The summed E-state index contributed by atoms with van der Waals surface area (Å²) in [6.45, 7) is 4.00. The lowest BCUT2D eigenvalue weighted by Gasteiger charge is -2.11. The number of aromatic nitrogens is 5. The van der Waals surface area contributed by atoms with Gasteiger partial charge in [-0.15, -0.1) is 0 Å². The summed E-state index contributed by atoms with van der Waals surface area (Å²) in [7, 11) is 2.99. The summed E-state index contributed by atoms with van der Waals surface area (Å²) < 4.78 is 3.37. The number of thioether (sulfide) groups is 1. The quantitative estimate of drug-likeness (QED) is 0.341. The topological polar surface area (TPSA) is 112 Å². The van der Waals surface area contributed by atoms with Crippen LogP contribution in [0.25, 0.3) is 21.3 Å². The number of amides is 1. The molecule has 1 aromatic carbocycles. The first-order valence-electron chi connectivity index (χ1n) is 10.0. The second-order valence-electron chi connectivity index (χ2n) is 7.43. The average Bonchev–Trinajstić information content (AvgIpc) is 3.15. The first-order chi connectivity index (χ1) is 15.3. The van der Waals surface area contributed by atoms with Gasteiger partial charge in [0.25, 0.3) is 5.56 Å². The number of hydrogen-bond acceptors (Lipinski definition) is 8. The molecule has 0 aliphatic carbocycles. The fourth-order valence-electron chi connectivity index (χ4n) is 3.29. The van der Waals surface area contributed by atoms with Crippen LogP contribution in [-0.2, 0) is 25.3 Å². The number of fused-ring (bicyclic) bond motifs is 2. The maximum absolute atomic E-state index is 12.8. The number of thiazole rings is 1. The van der Waals surface area contributed by atoms with Gasteiger partial charge in [-0.25, -0.2) is 19.7 Å². The number of nitrogens with zero attached hydrogens (tertiary/aromatic N) is 5. The molecule has 0 aliphatic heterocycles. The number of benzene rings is 1. The third-order valence-electron chi connectivity index (χ3n) is 4.92. The summed E-state index contributed by atoms with van der Waals surface area (Å²) in [5, 5.41) is 3.97. The molecule has 4 rings (SSSR count). The van der Waals surface area contributed by atoms with Crippen LogP contribution < -0.4 is 16.6 Å². The fraction of sp³-hybridized carbons (Fsp3) is 0.333. The highest BCUT2D eigenvalue weighted by Crippen LogP contribution is 2.27. The Kier molecular flexibility index (Phi) is 6.11. The highest BCUT2D eigenvalue weighted by Gasteiger charge is 2.18. The Bertz CT molecular complexity index is 1470. The van der Waals surface area contributed by atoms with Gasteiger partial charge in [0.2, 0.25) is 5.91 Å². The second-order valence-corrected chi connectivity index (χ2v) is 9.42. The maximum atomic E-state index is 12.8. The van der Waals surface area contributed by atoms with Crippen LogP contribution in [0, 0.1) is 6.92 Å². The Labute approximate surface area is 191 Å². The minimum absolute atomic E-state index is 0.0403. The van der Waals surface area contributed by atoms with E-state index in [4.69, 9.17) is 0 Å². The Hall–Kier alpha value is -3.05. The van der Waals surface area contributed by atoms with Gasteiger partial charge in [-0.05, 0) is 31.0 Å². The van der Waals surface area contributed by atoms with Crippen LogP contribution in [0.15, 0.2) is 32.8 Å². The SMILES string of the molecule is CCCc1nc(SCC(=O)Nc2nc3ccc(C)cc3s2)c2c(=O)n(C)c(=O)n(C)c2n1. The molecule has 1 amide bonds. The molecule has 0 unspecified atom stereocenters. The maximum Gasteiger partial charge on any atom is 0.332 e. The summed E-state index contributed by atoms with van der Waals surface area (Å²) in [4.78, 5) is 51.1. The van der Waals surface area contributed by atoms with Gasteiger partial charge in [0, 0.05) is 20.5 Å². The molecule has 32 heavy (non-hydrogen) atoms. The number of carbonyl (C=O) groups excluding carboxylic acids is 1. The second kappa shape index (κ2) is 8.83. The first kappa shape index (κ1) is 22.2. The number of carbonyl (C=O) groups is 1. The molecule has 11 heteroatoms. The van der Waals surface area contributed by atoms with Crippen LogP contribution in [0.2, 0.25) is 0 Å². The molecule has 0 fully saturated rings. The Balaban J connectivity index is 1.63. The van der Waals surface area contributed by atoms with E-state index in [0.29, 0.717) is 22.4 Å². The molecule has 0 bridgehead atoms. The molecule has 1 N–H and O–H groups in total. The van der Waals surface area contributed by atoms with Crippen molar-refractivity contribution < 1.29 is 4.79 Å². The molecule has 3 heterocycles. The van der Waals surface area contributed by atoms with E-state index in [-0.39, 0.29) is 22.7 Å².